The number of ether oxygens (including phenoxy) is 1. The molecule has 0 aromatic heterocycles. The van der Waals surface area contributed by atoms with Crippen LogP contribution in [0.5, 0.6) is 5.75 Å². The minimum absolute atomic E-state index is 0.00887. The van der Waals surface area contributed by atoms with Gasteiger partial charge in [0.05, 0.1) is 47.6 Å². The summed E-state index contributed by atoms with van der Waals surface area (Å²) in [5.74, 6) is 0.624. The molecule has 1 aliphatic heterocycles. The van der Waals surface area contributed by atoms with Gasteiger partial charge in [-0.1, -0.05) is 54.1 Å². The Morgan fingerprint density at radius 1 is 1.03 bits per heavy atom. The summed E-state index contributed by atoms with van der Waals surface area (Å²) in [7, 11) is 0. The summed E-state index contributed by atoms with van der Waals surface area (Å²) < 4.78 is 5.51. The van der Waals surface area contributed by atoms with E-state index in [2.05, 4.69) is 28.0 Å². The second kappa shape index (κ2) is 11.4. The van der Waals surface area contributed by atoms with E-state index in [0.717, 1.165) is 24.3 Å². The van der Waals surface area contributed by atoms with Crippen molar-refractivity contribution in [2.75, 3.05) is 44.4 Å². The molecule has 2 N–H and O–H groups in total. The lowest BCUT2D eigenvalue weighted by atomic mass is 9.97. The Balaban J connectivity index is 1.62. The van der Waals surface area contributed by atoms with Crippen LogP contribution in [0.15, 0.2) is 72.8 Å². The van der Waals surface area contributed by atoms with E-state index in [4.69, 9.17) is 26.7 Å². The molecule has 0 amide bonds. The van der Waals surface area contributed by atoms with E-state index in [1.54, 1.807) is 18.2 Å². The van der Waals surface area contributed by atoms with Gasteiger partial charge in [-0.15, -0.1) is 0 Å². The largest absolute Gasteiger partial charge is 0.491 e. The predicted octanol–water partition coefficient (Wildman–Crippen LogP) is 4.18. The zero-order valence-electron chi connectivity index (χ0n) is 18.8. The van der Waals surface area contributed by atoms with Gasteiger partial charge < -0.3 is 19.8 Å². The number of piperazine rings is 1. The van der Waals surface area contributed by atoms with E-state index in [0.29, 0.717) is 22.9 Å². The van der Waals surface area contributed by atoms with Gasteiger partial charge in [-0.3, -0.25) is 4.90 Å². The van der Waals surface area contributed by atoms with Gasteiger partial charge in [0.1, 0.15) is 12.4 Å². The van der Waals surface area contributed by atoms with Crippen molar-refractivity contribution in [2.45, 2.75) is 12.1 Å². The molecule has 176 valence electrons. The third-order valence-electron chi connectivity index (χ3n) is 6.22. The fraction of sp³-hybridized carbons (Fsp3) is 0.296. The number of nitrogens with zero attached hydrogens (tertiary/aromatic N) is 3. The molecule has 0 saturated carbocycles. The Kier molecular flexibility index (Phi) is 8.04. The highest BCUT2D eigenvalue weighted by molar-refractivity contribution is 6.33. The summed E-state index contributed by atoms with van der Waals surface area (Å²) in [6, 6.07) is 25.4. The van der Waals surface area contributed by atoms with Crippen LogP contribution in [0.1, 0.15) is 28.8 Å². The van der Waals surface area contributed by atoms with Crippen LogP contribution in [0.4, 0.5) is 5.69 Å². The first kappa shape index (κ1) is 24.1. The van der Waals surface area contributed by atoms with Crippen molar-refractivity contribution in [2.24, 2.45) is 0 Å². The van der Waals surface area contributed by atoms with Crippen molar-refractivity contribution in [1.29, 1.82) is 5.26 Å². The highest BCUT2D eigenvalue weighted by Gasteiger charge is 2.33. The molecule has 4 rings (SSSR count). The number of hydrogen-bond donors (Lipinski definition) is 2. The van der Waals surface area contributed by atoms with Gasteiger partial charge >= 0.3 is 0 Å². The van der Waals surface area contributed by atoms with Crippen LogP contribution in [0.2, 0.25) is 5.02 Å². The quantitative estimate of drug-likeness (QED) is 0.506. The average molecular weight is 478 g/mol. The van der Waals surface area contributed by atoms with Gasteiger partial charge in [-0.2, -0.15) is 5.26 Å². The molecule has 1 heterocycles. The summed E-state index contributed by atoms with van der Waals surface area (Å²) in [6.45, 7) is 2.33. The summed E-state index contributed by atoms with van der Waals surface area (Å²) in [6.07, 6.45) is 0. The first-order chi connectivity index (χ1) is 16.6. The molecule has 1 aliphatic rings. The first-order valence-corrected chi connectivity index (χ1v) is 11.7. The van der Waals surface area contributed by atoms with Gasteiger partial charge in [-0.05, 0) is 35.4 Å². The Morgan fingerprint density at radius 3 is 2.44 bits per heavy atom. The van der Waals surface area contributed by atoms with E-state index in [1.807, 2.05) is 42.5 Å². The zero-order chi connectivity index (χ0) is 23.9. The van der Waals surface area contributed by atoms with Gasteiger partial charge in [-0.25, -0.2) is 0 Å². The number of aliphatic hydroxyl groups is 2. The molecule has 6 nitrogen and oxygen atoms in total. The SMILES string of the molecule is N#Cc1ccc([C@@H](CO)N2CCN(c3ccc(OCCO)cc3Cl)C(c3ccccc3)C2)cc1. The average Bonchev–Trinajstić information content (AvgIpc) is 2.89. The smallest absolute Gasteiger partial charge is 0.121 e. The van der Waals surface area contributed by atoms with Crippen molar-refractivity contribution >= 4 is 17.3 Å². The van der Waals surface area contributed by atoms with E-state index >= 15 is 0 Å². The summed E-state index contributed by atoms with van der Waals surface area (Å²) in [5, 5.41) is 29.0. The maximum atomic E-state index is 10.3. The molecule has 3 aromatic carbocycles. The Morgan fingerprint density at radius 2 is 1.79 bits per heavy atom. The monoisotopic (exact) mass is 477 g/mol. The Bertz CT molecular complexity index is 1120. The molecular formula is C27H28ClN3O3. The predicted molar refractivity (Wildman–Crippen MR) is 133 cm³/mol. The first-order valence-electron chi connectivity index (χ1n) is 11.3. The van der Waals surface area contributed by atoms with Crippen LogP contribution in [0.25, 0.3) is 0 Å². The number of anilines is 1. The lowest BCUT2D eigenvalue weighted by molar-refractivity contribution is 0.103. The molecule has 0 bridgehead atoms. The fourth-order valence-corrected chi connectivity index (χ4v) is 4.80. The Labute approximate surface area is 205 Å². The third kappa shape index (κ3) is 5.35. The van der Waals surface area contributed by atoms with Crippen LogP contribution in [-0.4, -0.2) is 54.6 Å². The molecule has 7 heteroatoms. The number of nitriles is 1. The normalized spacial score (nSPS) is 17.2. The van der Waals surface area contributed by atoms with E-state index in [-0.39, 0.29) is 31.9 Å². The number of aliphatic hydroxyl groups excluding tert-OH is 2. The van der Waals surface area contributed by atoms with Crippen LogP contribution in [-0.2, 0) is 0 Å². The molecule has 1 saturated heterocycles. The topological polar surface area (TPSA) is 80.0 Å². The second-order valence-electron chi connectivity index (χ2n) is 8.23. The minimum atomic E-state index is -0.161. The minimum Gasteiger partial charge on any atom is -0.491 e. The van der Waals surface area contributed by atoms with Crippen LogP contribution >= 0.6 is 11.6 Å². The van der Waals surface area contributed by atoms with Crippen molar-refractivity contribution in [3.05, 3.63) is 94.5 Å². The van der Waals surface area contributed by atoms with Crippen LogP contribution < -0.4 is 9.64 Å². The van der Waals surface area contributed by atoms with Gasteiger partial charge in [0.15, 0.2) is 0 Å². The van der Waals surface area contributed by atoms with Crippen LogP contribution in [0, 0.1) is 11.3 Å². The fourth-order valence-electron chi connectivity index (χ4n) is 4.52. The second-order valence-corrected chi connectivity index (χ2v) is 8.64. The zero-order valence-corrected chi connectivity index (χ0v) is 19.6. The molecule has 3 aromatic rings. The van der Waals surface area contributed by atoms with Crippen molar-refractivity contribution < 1.29 is 14.9 Å². The molecule has 1 unspecified atom stereocenters. The molecule has 2 atom stereocenters. The summed E-state index contributed by atoms with van der Waals surface area (Å²) in [4.78, 5) is 4.60. The lowest BCUT2D eigenvalue weighted by Crippen LogP contribution is -2.50. The lowest BCUT2D eigenvalue weighted by Gasteiger charge is -2.46. The van der Waals surface area contributed by atoms with E-state index in [9.17, 15) is 5.11 Å². The molecule has 34 heavy (non-hydrogen) atoms. The van der Waals surface area contributed by atoms with E-state index in [1.165, 1.54) is 5.56 Å². The standard InChI is InChI=1S/C27H28ClN3O3/c28-24-16-23(34-15-14-32)10-11-25(24)31-13-12-30(18-26(31)21-4-2-1-3-5-21)27(19-33)22-8-6-20(17-29)7-9-22/h1-11,16,26-27,32-33H,12-15,18-19H2/t26?,27-/m1/s1. The molecule has 0 aliphatic carbocycles. The van der Waals surface area contributed by atoms with E-state index < -0.39 is 0 Å². The molecule has 0 radical (unpaired) electrons. The Hall–Kier alpha value is -3.08. The summed E-state index contributed by atoms with van der Waals surface area (Å²) >= 11 is 6.68. The van der Waals surface area contributed by atoms with Crippen LogP contribution in [0.3, 0.4) is 0 Å². The summed E-state index contributed by atoms with van der Waals surface area (Å²) in [5.41, 5.74) is 3.68. The third-order valence-corrected chi connectivity index (χ3v) is 6.53. The maximum absolute atomic E-state index is 10.3. The number of benzene rings is 3. The molecule has 1 fully saturated rings. The molecule has 0 spiro atoms. The number of hydrogen-bond acceptors (Lipinski definition) is 6. The van der Waals surface area contributed by atoms with Gasteiger partial charge in [0.25, 0.3) is 0 Å². The van der Waals surface area contributed by atoms with Gasteiger partial charge in [0.2, 0.25) is 0 Å². The van der Waals surface area contributed by atoms with Crippen molar-refractivity contribution in [3.8, 4) is 11.8 Å². The van der Waals surface area contributed by atoms with Crippen molar-refractivity contribution in [1.82, 2.24) is 4.90 Å². The molecular weight excluding hydrogens is 450 g/mol. The number of rotatable bonds is 8. The maximum Gasteiger partial charge on any atom is 0.121 e. The highest BCUT2D eigenvalue weighted by Crippen LogP contribution is 2.38. The van der Waals surface area contributed by atoms with Gasteiger partial charge in [0, 0.05) is 25.7 Å². The van der Waals surface area contributed by atoms with Crippen molar-refractivity contribution in [3.63, 3.8) is 0 Å². The highest BCUT2D eigenvalue weighted by atomic mass is 35.5. The number of halogens is 1.